The predicted molar refractivity (Wildman–Crippen MR) is 81.4 cm³/mol. The topological polar surface area (TPSA) is 90.1 Å². The van der Waals surface area contributed by atoms with E-state index in [0.717, 1.165) is 38.9 Å². The average molecular weight is 315 g/mol. The first-order valence-electron chi connectivity index (χ1n) is 7.46. The molecule has 1 aromatic heterocycles. The number of nitrogens with zero attached hydrogens (tertiary/aromatic N) is 2. The van der Waals surface area contributed by atoms with Crippen LogP contribution in [-0.2, 0) is 16.6 Å². The summed E-state index contributed by atoms with van der Waals surface area (Å²) in [5, 5.41) is 9.89. The minimum Gasteiger partial charge on any atom is -0.313 e. The zero-order valence-corrected chi connectivity index (χ0v) is 13.5. The lowest BCUT2D eigenvalue weighted by molar-refractivity contribution is 0.248. The Balaban J connectivity index is 2.00. The van der Waals surface area contributed by atoms with Crippen molar-refractivity contribution >= 4 is 10.0 Å². The molecular formula is C13H25N5O2S. The number of piperidine rings is 1. The van der Waals surface area contributed by atoms with Gasteiger partial charge in [0.1, 0.15) is 0 Å². The van der Waals surface area contributed by atoms with Crippen LogP contribution in [0.25, 0.3) is 0 Å². The Morgan fingerprint density at radius 3 is 2.81 bits per heavy atom. The predicted octanol–water partition coefficient (Wildman–Crippen LogP) is 0.282. The van der Waals surface area contributed by atoms with Crippen molar-refractivity contribution in [3.63, 3.8) is 0 Å². The number of nitrogens with one attached hydrogen (secondary N) is 3. The molecule has 0 aliphatic carbocycles. The molecule has 0 amide bonds. The van der Waals surface area contributed by atoms with Crippen LogP contribution in [0.5, 0.6) is 0 Å². The third-order valence-corrected chi connectivity index (χ3v) is 5.26. The summed E-state index contributed by atoms with van der Waals surface area (Å²) in [6.07, 6.45) is 4.26. The molecule has 3 N–H and O–H groups in total. The molecule has 0 saturated carbocycles. The molecule has 1 saturated heterocycles. The molecule has 21 heavy (non-hydrogen) atoms. The zero-order chi connectivity index (χ0) is 15.3. The van der Waals surface area contributed by atoms with Gasteiger partial charge in [0.2, 0.25) is 0 Å². The van der Waals surface area contributed by atoms with E-state index >= 15 is 0 Å². The standard InChI is InChI=1S/C13H25N5O2S/c1-3-6-14-9-11-10-15-16-13(11)21(19,20)17-12-4-7-18(2)8-5-12/h10,12,14,17H,3-9H2,1-2H3,(H,15,16). The first-order valence-corrected chi connectivity index (χ1v) is 8.95. The highest BCUT2D eigenvalue weighted by molar-refractivity contribution is 7.89. The molecule has 0 atom stereocenters. The molecule has 8 heteroatoms. The fourth-order valence-electron chi connectivity index (χ4n) is 2.46. The number of hydrogen-bond donors (Lipinski definition) is 3. The SMILES string of the molecule is CCCNCc1cn[nH]c1S(=O)(=O)NC1CCN(C)CC1. The van der Waals surface area contributed by atoms with E-state index < -0.39 is 10.0 Å². The van der Waals surface area contributed by atoms with Crippen LogP contribution >= 0.6 is 0 Å². The van der Waals surface area contributed by atoms with Crippen molar-refractivity contribution in [2.75, 3.05) is 26.7 Å². The maximum Gasteiger partial charge on any atom is 0.258 e. The third kappa shape index (κ3) is 4.50. The van der Waals surface area contributed by atoms with Gasteiger partial charge >= 0.3 is 0 Å². The quantitative estimate of drug-likeness (QED) is 0.629. The maximum absolute atomic E-state index is 12.5. The van der Waals surface area contributed by atoms with Crippen LogP contribution in [0, 0.1) is 0 Å². The largest absolute Gasteiger partial charge is 0.313 e. The van der Waals surface area contributed by atoms with Gasteiger partial charge in [0.15, 0.2) is 5.03 Å². The summed E-state index contributed by atoms with van der Waals surface area (Å²) in [6, 6.07) is 0.00551. The summed E-state index contributed by atoms with van der Waals surface area (Å²) in [6.45, 7) is 5.27. The highest BCUT2D eigenvalue weighted by atomic mass is 32.2. The first-order chi connectivity index (χ1) is 10.0. The molecule has 0 aromatic carbocycles. The Morgan fingerprint density at radius 2 is 2.14 bits per heavy atom. The average Bonchev–Trinajstić information content (AvgIpc) is 2.91. The molecule has 0 bridgehead atoms. The van der Waals surface area contributed by atoms with E-state index in [1.165, 1.54) is 0 Å². The number of sulfonamides is 1. The summed E-state index contributed by atoms with van der Waals surface area (Å²) < 4.78 is 27.7. The van der Waals surface area contributed by atoms with Crippen LogP contribution in [0.15, 0.2) is 11.2 Å². The van der Waals surface area contributed by atoms with Crippen LogP contribution < -0.4 is 10.0 Å². The van der Waals surface area contributed by atoms with E-state index in [9.17, 15) is 8.42 Å². The van der Waals surface area contributed by atoms with Crippen LogP contribution in [-0.4, -0.2) is 56.2 Å². The molecule has 1 aliphatic rings. The summed E-state index contributed by atoms with van der Waals surface area (Å²) in [5.74, 6) is 0. The summed E-state index contributed by atoms with van der Waals surface area (Å²) in [4.78, 5) is 2.21. The highest BCUT2D eigenvalue weighted by Gasteiger charge is 2.26. The van der Waals surface area contributed by atoms with E-state index in [4.69, 9.17) is 0 Å². The Kier molecular flexibility index (Phi) is 5.74. The number of likely N-dealkylation sites (tertiary alicyclic amines) is 1. The number of hydrogen-bond acceptors (Lipinski definition) is 5. The Hall–Kier alpha value is -0.960. The van der Waals surface area contributed by atoms with Gasteiger partial charge < -0.3 is 10.2 Å². The van der Waals surface area contributed by atoms with Crippen molar-refractivity contribution in [2.24, 2.45) is 0 Å². The van der Waals surface area contributed by atoms with Crippen LogP contribution in [0.1, 0.15) is 31.7 Å². The van der Waals surface area contributed by atoms with Gasteiger partial charge in [-0.05, 0) is 45.9 Å². The molecule has 0 radical (unpaired) electrons. The lowest BCUT2D eigenvalue weighted by Crippen LogP contribution is -2.43. The number of H-pyrrole nitrogens is 1. The second kappa shape index (κ2) is 7.35. The van der Waals surface area contributed by atoms with Gasteiger partial charge in [0.05, 0.1) is 6.20 Å². The normalized spacial score (nSPS) is 18.2. The van der Waals surface area contributed by atoms with Gasteiger partial charge in [0.25, 0.3) is 10.0 Å². The highest BCUT2D eigenvalue weighted by Crippen LogP contribution is 2.15. The molecule has 1 aliphatic heterocycles. The Labute approximate surface area is 126 Å². The third-order valence-electron chi connectivity index (χ3n) is 3.73. The number of aromatic nitrogens is 2. The van der Waals surface area contributed by atoms with Crippen molar-refractivity contribution in [1.29, 1.82) is 0 Å². The fourth-order valence-corrected chi connectivity index (χ4v) is 3.90. The molecule has 0 spiro atoms. The van der Waals surface area contributed by atoms with E-state index in [1.807, 2.05) is 0 Å². The van der Waals surface area contributed by atoms with E-state index in [2.05, 4.69) is 39.1 Å². The van der Waals surface area contributed by atoms with Gasteiger partial charge in [-0.25, -0.2) is 13.1 Å². The zero-order valence-electron chi connectivity index (χ0n) is 12.7. The number of rotatable bonds is 7. The maximum atomic E-state index is 12.5. The van der Waals surface area contributed by atoms with Crippen LogP contribution in [0.2, 0.25) is 0 Å². The van der Waals surface area contributed by atoms with Gasteiger partial charge in [-0.2, -0.15) is 5.10 Å². The Bertz CT molecular complexity index is 535. The smallest absolute Gasteiger partial charge is 0.258 e. The molecule has 0 unspecified atom stereocenters. The molecular weight excluding hydrogens is 290 g/mol. The molecule has 7 nitrogen and oxygen atoms in total. The van der Waals surface area contributed by atoms with Crippen LogP contribution in [0.3, 0.4) is 0 Å². The minimum atomic E-state index is -3.53. The molecule has 1 fully saturated rings. The van der Waals surface area contributed by atoms with Crippen molar-refractivity contribution in [3.05, 3.63) is 11.8 Å². The van der Waals surface area contributed by atoms with E-state index in [0.29, 0.717) is 12.1 Å². The van der Waals surface area contributed by atoms with Gasteiger partial charge in [0, 0.05) is 18.2 Å². The van der Waals surface area contributed by atoms with Crippen molar-refractivity contribution in [1.82, 2.24) is 25.1 Å². The lowest BCUT2D eigenvalue weighted by Gasteiger charge is -2.29. The number of aromatic amines is 1. The minimum absolute atomic E-state index is 0.00551. The second-order valence-electron chi connectivity index (χ2n) is 5.60. The fraction of sp³-hybridized carbons (Fsp3) is 0.769. The Morgan fingerprint density at radius 1 is 1.43 bits per heavy atom. The second-order valence-corrected chi connectivity index (χ2v) is 7.25. The van der Waals surface area contributed by atoms with E-state index in [1.54, 1.807) is 6.20 Å². The lowest BCUT2D eigenvalue weighted by atomic mass is 10.1. The van der Waals surface area contributed by atoms with Crippen LogP contribution in [0.4, 0.5) is 0 Å². The van der Waals surface area contributed by atoms with Gasteiger partial charge in [-0.1, -0.05) is 6.92 Å². The van der Waals surface area contributed by atoms with Crippen molar-refractivity contribution in [3.8, 4) is 0 Å². The molecule has 1 aromatic rings. The molecule has 120 valence electrons. The van der Waals surface area contributed by atoms with Crippen molar-refractivity contribution < 1.29 is 8.42 Å². The summed E-state index contributed by atoms with van der Waals surface area (Å²) >= 11 is 0. The molecule has 2 heterocycles. The van der Waals surface area contributed by atoms with Gasteiger partial charge in [-0.3, -0.25) is 5.10 Å². The summed E-state index contributed by atoms with van der Waals surface area (Å²) in [7, 11) is -1.48. The summed E-state index contributed by atoms with van der Waals surface area (Å²) in [5.41, 5.74) is 0.684. The first kappa shape index (κ1) is 16.4. The van der Waals surface area contributed by atoms with Crippen molar-refractivity contribution in [2.45, 2.75) is 43.8 Å². The monoisotopic (exact) mass is 315 g/mol. The van der Waals surface area contributed by atoms with Gasteiger partial charge in [-0.15, -0.1) is 0 Å². The van der Waals surface area contributed by atoms with E-state index in [-0.39, 0.29) is 11.1 Å². The molecule has 2 rings (SSSR count).